The number of H-pyrrole nitrogens is 1. The summed E-state index contributed by atoms with van der Waals surface area (Å²) in [7, 11) is 0. The number of fused-ring (bicyclic) bond motifs is 1. The molecule has 0 saturated carbocycles. The number of benzene rings is 1. The Balaban J connectivity index is 1.67. The van der Waals surface area contributed by atoms with E-state index < -0.39 is 30.2 Å². The molecule has 0 spiro atoms. The van der Waals surface area contributed by atoms with Gasteiger partial charge in [0.15, 0.2) is 6.61 Å². The number of hydrogen-bond donors (Lipinski definition) is 1. The molecule has 1 aliphatic heterocycles. The van der Waals surface area contributed by atoms with Crippen molar-refractivity contribution in [3.05, 3.63) is 51.3 Å². The number of rotatable bonds is 6. The van der Waals surface area contributed by atoms with Gasteiger partial charge in [-0.25, -0.2) is 4.79 Å². The van der Waals surface area contributed by atoms with Crippen molar-refractivity contribution in [2.45, 2.75) is 27.2 Å². The molecule has 0 saturated heterocycles. The molecule has 1 atom stereocenters. The first-order valence-corrected chi connectivity index (χ1v) is 9.67. The van der Waals surface area contributed by atoms with Gasteiger partial charge >= 0.3 is 11.9 Å². The van der Waals surface area contributed by atoms with Gasteiger partial charge in [-0.15, -0.1) is 0 Å². The minimum atomic E-state index is -0.585. The van der Waals surface area contributed by atoms with E-state index in [-0.39, 0.29) is 24.3 Å². The Morgan fingerprint density at radius 3 is 2.62 bits per heavy atom. The van der Waals surface area contributed by atoms with Crippen molar-refractivity contribution in [1.29, 1.82) is 0 Å². The average Bonchev–Trinajstić information content (AvgIpc) is 2.99. The third-order valence-corrected chi connectivity index (χ3v) is 4.98. The first-order valence-electron chi connectivity index (χ1n) is 9.29. The van der Waals surface area contributed by atoms with Gasteiger partial charge in [0.25, 0.3) is 0 Å². The van der Waals surface area contributed by atoms with Crippen LogP contribution in [0.1, 0.15) is 44.6 Å². The van der Waals surface area contributed by atoms with Gasteiger partial charge in [0.2, 0.25) is 5.78 Å². The van der Waals surface area contributed by atoms with E-state index in [1.807, 2.05) is 0 Å². The van der Waals surface area contributed by atoms with Gasteiger partial charge in [-0.2, -0.15) is 0 Å². The largest absolute Gasteiger partial charge is 0.492 e. The molecule has 7 nitrogen and oxygen atoms in total. The lowest BCUT2D eigenvalue weighted by Crippen LogP contribution is -2.31. The number of esters is 2. The maximum atomic E-state index is 12.7. The molecule has 154 valence electrons. The van der Waals surface area contributed by atoms with Crippen LogP contribution in [0.4, 0.5) is 0 Å². The first kappa shape index (κ1) is 20.9. The predicted octanol–water partition coefficient (Wildman–Crippen LogP) is 3.44. The van der Waals surface area contributed by atoms with Crippen LogP contribution in [-0.2, 0) is 20.7 Å². The molecule has 0 unspecified atom stereocenters. The molecular weight excluding hydrogens is 398 g/mol. The van der Waals surface area contributed by atoms with Crippen molar-refractivity contribution >= 4 is 29.3 Å². The van der Waals surface area contributed by atoms with E-state index in [1.54, 1.807) is 39.0 Å². The lowest BCUT2D eigenvalue weighted by Gasteiger charge is -2.24. The first-order chi connectivity index (χ1) is 13.8. The highest BCUT2D eigenvalue weighted by Gasteiger charge is 2.30. The highest BCUT2D eigenvalue weighted by molar-refractivity contribution is 6.30. The van der Waals surface area contributed by atoms with Gasteiger partial charge in [0.1, 0.15) is 12.4 Å². The van der Waals surface area contributed by atoms with Crippen molar-refractivity contribution in [1.82, 2.24) is 4.98 Å². The number of nitrogens with one attached hydrogen (secondary N) is 1. The zero-order valence-electron chi connectivity index (χ0n) is 16.5. The summed E-state index contributed by atoms with van der Waals surface area (Å²) in [5.74, 6) is -1.44. The lowest BCUT2D eigenvalue weighted by molar-refractivity contribution is -0.148. The molecule has 0 aliphatic carbocycles. The standard InChI is InChI=1S/C21H22ClNO6/c1-4-27-21(26)19-12(3)23-11(2)18(19)16(24)10-29-20(25)14-7-13-8-15(22)5-6-17(13)28-9-14/h5-6,8,14,23H,4,7,9-10H2,1-3H3/t14-/m0/s1. The van der Waals surface area contributed by atoms with Crippen LogP contribution in [-0.4, -0.2) is 42.5 Å². The Labute approximate surface area is 173 Å². The lowest BCUT2D eigenvalue weighted by atomic mass is 9.97. The summed E-state index contributed by atoms with van der Waals surface area (Å²) in [6, 6.07) is 5.23. The third kappa shape index (κ3) is 4.45. The fraction of sp³-hybridized carbons (Fsp3) is 0.381. The van der Waals surface area contributed by atoms with Gasteiger partial charge in [-0.3, -0.25) is 9.59 Å². The molecule has 1 aromatic heterocycles. The van der Waals surface area contributed by atoms with Crippen molar-refractivity contribution in [2.24, 2.45) is 5.92 Å². The van der Waals surface area contributed by atoms with Crippen LogP contribution >= 0.6 is 11.6 Å². The van der Waals surface area contributed by atoms with Crippen molar-refractivity contribution in [3.8, 4) is 5.75 Å². The number of ether oxygens (including phenoxy) is 3. The number of aromatic amines is 1. The van der Waals surface area contributed by atoms with Gasteiger partial charge in [-0.05, 0) is 51.0 Å². The van der Waals surface area contributed by atoms with E-state index in [2.05, 4.69) is 4.98 Å². The zero-order chi connectivity index (χ0) is 21.1. The summed E-state index contributed by atoms with van der Waals surface area (Å²) >= 11 is 6.00. The van der Waals surface area contributed by atoms with Crippen molar-refractivity contribution in [3.63, 3.8) is 0 Å². The second kappa shape index (κ2) is 8.69. The molecule has 2 aromatic rings. The van der Waals surface area contributed by atoms with Crippen LogP contribution in [0.25, 0.3) is 0 Å². The van der Waals surface area contributed by atoms with Crippen LogP contribution in [0.2, 0.25) is 5.02 Å². The van der Waals surface area contributed by atoms with E-state index in [0.717, 1.165) is 5.56 Å². The van der Waals surface area contributed by atoms with Gasteiger partial charge in [-0.1, -0.05) is 11.6 Å². The topological polar surface area (TPSA) is 94.7 Å². The molecule has 2 heterocycles. The number of hydrogen-bond acceptors (Lipinski definition) is 6. The molecule has 29 heavy (non-hydrogen) atoms. The summed E-state index contributed by atoms with van der Waals surface area (Å²) in [4.78, 5) is 40.3. The quantitative estimate of drug-likeness (QED) is 0.569. The van der Waals surface area contributed by atoms with Crippen molar-refractivity contribution < 1.29 is 28.6 Å². The zero-order valence-corrected chi connectivity index (χ0v) is 17.2. The smallest absolute Gasteiger partial charge is 0.340 e. The predicted molar refractivity (Wildman–Crippen MR) is 106 cm³/mol. The Hall–Kier alpha value is -2.80. The summed E-state index contributed by atoms with van der Waals surface area (Å²) in [6.45, 7) is 4.94. The Bertz CT molecular complexity index is 964. The summed E-state index contributed by atoms with van der Waals surface area (Å²) in [5, 5.41) is 0.557. The number of carbonyl (C=O) groups is 3. The number of aromatic nitrogens is 1. The Kier molecular flexibility index (Phi) is 6.27. The molecule has 0 bridgehead atoms. The molecule has 0 radical (unpaired) electrons. The molecule has 0 fully saturated rings. The molecular formula is C21H22ClNO6. The van der Waals surface area contributed by atoms with Gasteiger partial charge in [0.05, 0.1) is 23.7 Å². The molecule has 1 N–H and O–H groups in total. The van der Waals surface area contributed by atoms with Crippen LogP contribution in [0.3, 0.4) is 0 Å². The maximum Gasteiger partial charge on any atom is 0.340 e. The average molecular weight is 420 g/mol. The number of Topliss-reactive ketones (excluding diaryl/α,β-unsaturated/α-hetero) is 1. The van der Waals surface area contributed by atoms with E-state index >= 15 is 0 Å². The molecule has 1 aliphatic rings. The second-order valence-electron chi connectivity index (χ2n) is 6.84. The van der Waals surface area contributed by atoms with E-state index in [4.69, 9.17) is 25.8 Å². The summed E-state index contributed by atoms with van der Waals surface area (Å²) in [6.07, 6.45) is 0.416. The fourth-order valence-electron chi connectivity index (χ4n) is 3.43. The SMILES string of the molecule is CCOC(=O)c1c(C)[nH]c(C)c1C(=O)COC(=O)[C@@H]1COc2ccc(Cl)cc2C1. The molecule has 8 heteroatoms. The van der Waals surface area contributed by atoms with Gasteiger partial charge in [0, 0.05) is 16.4 Å². The fourth-order valence-corrected chi connectivity index (χ4v) is 3.62. The molecule has 3 rings (SSSR count). The van der Waals surface area contributed by atoms with E-state index in [9.17, 15) is 14.4 Å². The minimum Gasteiger partial charge on any atom is -0.492 e. The summed E-state index contributed by atoms with van der Waals surface area (Å²) < 4.78 is 15.9. The van der Waals surface area contributed by atoms with Crippen LogP contribution < -0.4 is 4.74 Å². The van der Waals surface area contributed by atoms with Crippen molar-refractivity contribution in [2.75, 3.05) is 19.8 Å². The van der Waals surface area contributed by atoms with Crippen LogP contribution in [0.5, 0.6) is 5.75 Å². The maximum absolute atomic E-state index is 12.7. The molecule has 0 amide bonds. The van der Waals surface area contributed by atoms with Crippen LogP contribution in [0, 0.1) is 19.8 Å². The highest BCUT2D eigenvalue weighted by Crippen LogP contribution is 2.30. The van der Waals surface area contributed by atoms with Gasteiger partial charge < -0.3 is 19.2 Å². The van der Waals surface area contributed by atoms with E-state index in [0.29, 0.717) is 28.6 Å². The van der Waals surface area contributed by atoms with Crippen LogP contribution in [0.15, 0.2) is 18.2 Å². The third-order valence-electron chi connectivity index (χ3n) is 4.74. The number of halogens is 1. The summed E-state index contributed by atoms with van der Waals surface area (Å²) in [5.41, 5.74) is 2.24. The monoisotopic (exact) mass is 419 g/mol. The molecule has 1 aromatic carbocycles. The highest BCUT2D eigenvalue weighted by atomic mass is 35.5. The Morgan fingerprint density at radius 1 is 1.17 bits per heavy atom. The second-order valence-corrected chi connectivity index (χ2v) is 7.28. The minimum absolute atomic E-state index is 0.165. The number of carbonyl (C=O) groups excluding carboxylic acids is 3. The Morgan fingerprint density at radius 2 is 1.90 bits per heavy atom. The number of ketones is 1. The number of aryl methyl sites for hydroxylation is 2. The normalized spacial score (nSPS) is 15.2. The van der Waals surface area contributed by atoms with E-state index in [1.165, 1.54) is 0 Å².